The molecule has 1 aliphatic rings. The van der Waals surface area contributed by atoms with Crippen LogP contribution in [0.15, 0.2) is 17.5 Å². The van der Waals surface area contributed by atoms with E-state index in [1.165, 1.54) is 16.2 Å². The molecule has 1 fully saturated rings. The van der Waals surface area contributed by atoms with Gasteiger partial charge in [-0.3, -0.25) is 9.59 Å². The van der Waals surface area contributed by atoms with Crippen LogP contribution >= 0.6 is 11.3 Å². The van der Waals surface area contributed by atoms with Crippen LogP contribution in [-0.2, 0) is 4.79 Å². The number of thiophene rings is 1. The van der Waals surface area contributed by atoms with Gasteiger partial charge in [0, 0.05) is 26.2 Å². The summed E-state index contributed by atoms with van der Waals surface area (Å²) >= 11 is 1.40. The third-order valence-electron chi connectivity index (χ3n) is 3.71. The number of likely N-dealkylation sites (N-methyl/N-ethyl adjacent to an activating group) is 1. The molecule has 2 rings (SSSR count). The number of nitrogens with one attached hydrogen (secondary N) is 1. The van der Waals surface area contributed by atoms with Gasteiger partial charge in [-0.05, 0) is 30.8 Å². The van der Waals surface area contributed by atoms with Crippen molar-refractivity contribution in [3.8, 4) is 0 Å². The van der Waals surface area contributed by atoms with Gasteiger partial charge in [-0.2, -0.15) is 0 Å². The first kappa shape index (κ1) is 16.0. The summed E-state index contributed by atoms with van der Waals surface area (Å²) in [5.41, 5.74) is 0. The lowest BCUT2D eigenvalue weighted by molar-refractivity contribution is -0.133. The van der Waals surface area contributed by atoms with Gasteiger partial charge in [0.25, 0.3) is 5.91 Å². The summed E-state index contributed by atoms with van der Waals surface area (Å²) in [6.45, 7) is 4.79. The summed E-state index contributed by atoms with van der Waals surface area (Å²) in [7, 11) is 1.69. The van der Waals surface area contributed by atoms with Crippen molar-refractivity contribution in [2.24, 2.45) is 0 Å². The zero-order valence-corrected chi connectivity index (χ0v) is 13.5. The summed E-state index contributed by atoms with van der Waals surface area (Å²) in [4.78, 5) is 28.8. The van der Waals surface area contributed by atoms with E-state index < -0.39 is 0 Å². The molecule has 5 nitrogen and oxygen atoms in total. The van der Waals surface area contributed by atoms with E-state index in [1.807, 2.05) is 16.3 Å². The van der Waals surface area contributed by atoms with E-state index in [-0.39, 0.29) is 24.4 Å². The maximum absolute atomic E-state index is 12.5. The molecule has 0 bridgehead atoms. The average molecular weight is 309 g/mol. The Balaban J connectivity index is 1.95. The van der Waals surface area contributed by atoms with E-state index in [1.54, 1.807) is 13.1 Å². The molecular weight excluding hydrogens is 286 g/mol. The summed E-state index contributed by atoms with van der Waals surface area (Å²) < 4.78 is 0. The van der Waals surface area contributed by atoms with Crippen molar-refractivity contribution < 1.29 is 9.59 Å². The fraction of sp³-hybridized carbons (Fsp3) is 0.600. The highest BCUT2D eigenvalue weighted by molar-refractivity contribution is 7.12. The number of carbonyl (C=O) groups excluding carboxylic acids is 2. The van der Waals surface area contributed by atoms with Gasteiger partial charge in [0.2, 0.25) is 5.91 Å². The maximum Gasteiger partial charge on any atom is 0.264 e. The highest BCUT2D eigenvalue weighted by atomic mass is 32.1. The predicted octanol–water partition coefficient (Wildman–Crippen LogP) is 1.42. The van der Waals surface area contributed by atoms with Gasteiger partial charge < -0.3 is 15.1 Å². The van der Waals surface area contributed by atoms with Crippen LogP contribution in [0, 0.1) is 0 Å². The molecule has 1 aliphatic heterocycles. The number of amides is 2. The van der Waals surface area contributed by atoms with E-state index in [9.17, 15) is 9.59 Å². The fourth-order valence-corrected chi connectivity index (χ4v) is 3.33. The van der Waals surface area contributed by atoms with Crippen molar-refractivity contribution in [3.05, 3.63) is 22.4 Å². The van der Waals surface area contributed by atoms with E-state index in [2.05, 4.69) is 12.2 Å². The number of hydrogen-bond donors (Lipinski definition) is 1. The fourth-order valence-electron chi connectivity index (χ4n) is 2.61. The zero-order valence-electron chi connectivity index (χ0n) is 12.7. The first-order valence-electron chi connectivity index (χ1n) is 7.42. The van der Waals surface area contributed by atoms with Gasteiger partial charge in [0.15, 0.2) is 0 Å². The minimum Gasteiger partial charge on any atom is -0.337 e. The van der Waals surface area contributed by atoms with Gasteiger partial charge in [-0.15, -0.1) is 11.3 Å². The molecule has 2 heterocycles. The second kappa shape index (κ2) is 7.56. The lowest BCUT2D eigenvalue weighted by Crippen LogP contribution is -2.47. The topological polar surface area (TPSA) is 52.7 Å². The van der Waals surface area contributed by atoms with Gasteiger partial charge in [0.05, 0.1) is 11.4 Å². The number of carbonyl (C=O) groups is 2. The molecule has 1 aromatic heterocycles. The van der Waals surface area contributed by atoms with Crippen LogP contribution in [0.1, 0.15) is 29.4 Å². The Bertz CT molecular complexity index is 469. The Morgan fingerprint density at radius 1 is 1.48 bits per heavy atom. The Morgan fingerprint density at radius 3 is 2.86 bits per heavy atom. The molecular formula is C15H23N3O2S. The monoisotopic (exact) mass is 309 g/mol. The van der Waals surface area contributed by atoms with Crippen LogP contribution in [0.5, 0.6) is 0 Å². The Labute approximate surface area is 129 Å². The Kier molecular flexibility index (Phi) is 5.76. The first-order valence-corrected chi connectivity index (χ1v) is 8.30. The second-order valence-corrected chi connectivity index (χ2v) is 6.32. The van der Waals surface area contributed by atoms with Crippen LogP contribution < -0.4 is 5.32 Å². The highest BCUT2D eigenvalue weighted by Gasteiger charge is 2.27. The molecule has 0 saturated carbocycles. The van der Waals surface area contributed by atoms with E-state index in [0.717, 1.165) is 32.5 Å². The lowest BCUT2D eigenvalue weighted by Gasteiger charge is -2.30. The van der Waals surface area contributed by atoms with Crippen molar-refractivity contribution in [2.75, 3.05) is 33.2 Å². The van der Waals surface area contributed by atoms with Crippen LogP contribution in [-0.4, -0.2) is 60.9 Å². The summed E-state index contributed by atoms with van der Waals surface area (Å²) in [6, 6.07) is 3.91. The van der Waals surface area contributed by atoms with Gasteiger partial charge >= 0.3 is 0 Å². The molecule has 0 radical (unpaired) electrons. The molecule has 2 amide bonds. The van der Waals surface area contributed by atoms with Gasteiger partial charge in [0.1, 0.15) is 0 Å². The van der Waals surface area contributed by atoms with Gasteiger partial charge in [-0.1, -0.05) is 13.0 Å². The van der Waals surface area contributed by atoms with Crippen LogP contribution in [0.3, 0.4) is 0 Å². The standard InChI is InChI=1S/C15H23N3O2S/c1-3-8-18(12-6-7-16-10-12)14(19)11-17(2)15(20)13-5-4-9-21-13/h4-5,9,12,16H,3,6-8,10-11H2,1-2H3. The number of rotatable bonds is 6. The SMILES string of the molecule is CCCN(C(=O)CN(C)C(=O)c1cccs1)C1CCNC1. The van der Waals surface area contributed by atoms with E-state index in [0.29, 0.717) is 4.88 Å². The molecule has 116 valence electrons. The minimum absolute atomic E-state index is 0.0398. The molecule has 1 atom stereocenters. The third-order valence-corrected chi connectivity index (χ3v) is 4.57. The Morgan fingerprint density at radius 2 is 2.29 bits per heavy atom. The van der Waals surface area contributed by atoms with Crippen molar-refractivity contribution in [1.82, 2.24) is 15.1 Å². The minimum atomic E-state index is -0.0839. The number of hydrogen-bond acceptors (Lipinski definition) is 4. The smallest absolute Gasteiger partial charge is 0.264 e. The first-order chi connectivity index (χ1) is 10.1. The van der Waals surface area contributed by atoms with Crippen LogP contribution in [0.2, 0.25) is 0 Å². The van der Waals surface area contributed by atoms with E-state index >= 15 is 0 Å². The maximum atomic E-state index is 12.5. The van der Waals surface area contributed by atoms with E-state index in [4.69, 9.17) is 0 Å². The second-order valence-electron chi connectivity index (χ2n) is 5.37. The quantitative estimate of drug-likeness (QED) is 0.865. The molecule has 1 unspecified atom stereocenters. The van der Waals surface area contributed by atoms with Crippen LogP contribution in [0.4, 0.5) is 0 Å². The third kappa shape index (κ3) is 4.04. The van der Waals surface area contributed by atoms with Crippen molar-refractivity contribution in [3.63, 3.8) is 0 Å². The lowest BCUT2D eigenvalue weighted by atomic mass is 10.2. The zero-order chi connectivity index (χ0) is 15.2. The van der Waals surface area contributed by atoms with Crippen molar-refractivity contribution in [2.45, 2.75) is 25.8 Å². The Hall–Kier alpha value is -1.40. The van der Waals surface area contributed by atoms with Gasteiger partial charge in [-0.25, -0.2) is 0 Å². The average Bonchev–Trinajstić information content (AvgIpc) is 3.16. The van der Waals surface area contributed by atoms with Crippen molar-refractivity contribution in [1.29, 1.82) is 0 Å². The van der Waals surface area contributed by atoms with Crippen LogP contribution in [0.25, 0.3) is 0 Å². The predicted molar refractivity (Wildman–Crippen MR) is 84.6 cm³/mol. The molecule has 0 aliphatic carbocycles. The molecule has 21 heavy (non-hydrogen) atoms. The summed E-state index contributed by atoms with van der Waals surface area (Å²) in [6.07, 6.45) is 1.93. The highest BCUT2D eigenvalue weighted by Crippen LogP contribution is 2.13. The summed E-state index contributed by atoms with van der Waals surface area (Å²) in [5, 5.41) is 5.16. The summed E-state index contributed by atoms with van der Waals surface area (Å²) in [5.74, 6) is -0.0442. The molecule has 0 spiro atoms. The normalized spacial score (nSPS) is 17.7. The molecule has 1 aromatic rings. The molecule has 6 heteroatoms. The number of nitrogens with zero attached hydrogens (tertiary/aromatic N) is 2. The molecule has 0 aromatic carbocycles. The van der Waals surface area contributed by atoms with Crippen molar-refractivity contribution >= 4 is 23.2 Å². The molecule has 1 saturated heterocycles. The molecule has 1 N–H and O–H groups in total. The largest absolute Gasteiger partial charge is 0.337 e.